The van der Waals surface area contributed by atoms with Crippen molar-refractivity contribution in [3.8, 4) is 0 Å². The van der Waals surface area contributed by atoms with Crippen molar-refractivity contribution in [2.45, 2.75) is 44.6 Å². The summed E-state index contributed by atoms with van der Waals surface area (Å²) in [7, 11) is 0. The van der Waals surface area contributed by atoms with Crippen molar-refractivity contribution in [1.82, 2.24) is 5.32 Å². The number of aryl methyl sites for hydroxylation is 1. The summed E-state index contributed by atoms with van der Waals surface area (Å²) in [5.74, 6) is 0.390. The van der Waals surface area contributed by atoms with E-state index in [0.717, 1.165) is 32.2 Å². The van der Waals surface area contributed by atoms with Crippen LogP contribution in [-0.4, -0.2) is 17.9 Å². The van der Waals surface area contributed by atoms with Gasteiger partial charge in [-0.15, -0.1) is 0 Å². The summed E-state index contributed by atoms with van der Waals surface area (Å²) in [4.78, 5) is 12.3. The summed E-state index contributed by atoms with van der Waals surface area (Å²) in [6.07, 6.45) is 4.58. The third-order valence-electron chi connectivity index (χ3n) is 3.86. The number of nitrogens with one attached hydrogen (secondary N) is 1. The quantitative estimate of drug-likeness (QED) is 0.844. The smallest absolute Gasteiger partial charge is 0.153 e. The molecule has 1 aliphatic heterocycles. The maximum Gasteiger partial charge on any atom is 0.153 e. The summed E-state index contributed by atoms with van der Waals surface area (Å²) in [6.45, 7) is 3.10. The average Bonchev–Trinajstić information content (AvgIpc) is 2.87. The van der Waals surface area contributed by atoms with Crippen LogP contribution in [0.2, 0.25) is 0 Å². The van der Waals surface area contributed by atoms with Gasteiger partial charge in [0.15, 0.2) is 5.78 Å². The Morgan fingerprint density at radius 2 is 2.12 bits per heavy atom. The van der Waals surface area contributed by atoms with Gasteiger partial charge in [0.1, 0.15) is 0 Å². The Bertz CT molecular complexity index is 366. The fourth-order valence-electron chi connectivity index (χ4n) is 2.68. The second-order valence-electron chi connectivity index (χ2n) is 4.87. The van der Waals surface area contributed by atoms with Crippen LogP contribution >= 0.6 is 0 Å². The van der Waals surface area contributed by atoms with Crippen molar-refractivity contribution in [3.63, 3.8) is 0 Å². The number of benzene rings is 1. The van der Waals surface area contributed by atoms with Gasteiger partial charge in [-0.1, -0.05) is 37.3 Å². The topological polar surface area (TPSA) is 29.1 Å². The zero-order chi connectivity index (χ0) is 12.1. The van der Waals surface area contributed by atoms with Crippen molar-refractivity contribution in [3.05, 3.63) is 35.9 Å². The molecule has 2 nitrogen and oxygen atoms in total. The monoisotopic (exact) mass is 231 g/mol. The molecule has 1 atom stereocenters. The summed E-state index contributed by atoms with van der Waals surface area (Å²) in [5.41, 5.74) is 1.04. The maximum atomic E-state index is 12.3. The molecule has 0 aromatic heterocycles. The molecule has 1 unspecified atom stereocenters. The lowest BCUT2D eigenvalue weighted by Crippen LogP contribution is -2.47. The third kappa shape index (κ3) is 2.75. The Hall–Kier alpha value is -1.15. The molecule has 1 aliphatic rings. The van der Waals surface area contributed by atoms with Crippen LogP contribution in [0.5, 0.6) is 0 Å². The van der Waals surface area contributed by atoms with Gasteiger partial charge in [0.25, 0.3) is 0 Å². The first-order valence-corrected chi connectivity index (χ1v) is 6.59. The van der Waals surface area contributed by atoms with Crippen LogP contribution in [0.4, 0.5) is 0 Å². The van der Waals surface area contributed by atoms with E-state index in [2.05, 4.69) is 24.4 Å². The lowest BCUT2D eigenvalue weighted by molar-refractivity contribution is -0.125. The van der Waals surface area contributed by atoms with Gasteiger partial charge in [0, 0.05) is 6.42 Å². The Labute approximate surface area is 103 Å². The summed E-state index contributed by atoms with van der Waals surface area (Å²) in [6, 6.07) is 10.3. The first kappa shape index (κ1) is 12.3. The van der Waals surface area contributed by atoms with Gasteiger partial charge in [-0.05, 0) is 37.8 Å². The van der Waals surface area contributed by atoms with Crippen LogP contribution in [0, 0.1) is 0 Å². The van der Waals surface area contributed by atoms with E-state index in [0.29, 0.717) is 12.2 Å². The predicted octanol–water partition coefficient (Wildman–Crippen LogP) is 2.72. The van der Waals surface area contributed by atoms with Gasteiger partial charge in [-0.25, -0.2) is 0 Å². The lowest BCUT2D eigenvalue weighted by Gasteiger charge is -2.26. The van der Waals surface area contributed by atoms with E-state index >= 15 is 0 Å². The number of ketones is 1. The van der Waals surface area contributed by atoms with Crippen LogP contribution in [0.15, 0.2) is 30.3 Å². The normalized spacial score (nSPS) is 23.8. The number of Topliss-reactive ketones (excluding diaryl/α,β-unsaturated/α-hetero) is 1. The zero-order valence-corrected chi connectivity index (χ0v) is 10.5. The molecule has 0 saturated carbocycles. The number of hydrogen-bond acceptors (Lipinski definition) is 2. The molecule has 0 aliphatic carbocycles. The molecule has 0 spiro atoms. The second-order valence-corrected chi connectivity index (χ2v) is 4.87. The molecule has 1 aromatic carbocycles. The molecule has 0 amide bonds. The third-order valence-corrected chi connectivity index (χ3v) is 3.86. The van der Waals surface area contributed by atoms with Crippen LogP contribution in [-0.2, 0) is 11.2 Å². The van der Waals surface area contributed by atoms with Gasteiger partial charge < -0.3 is 5.32 Å². The molecular formula is C15H21NO. The van der Waals surface area contributed by atoms with E-state index in [4.69, 9.17) is 0 Å². The molecule has 2 heteroatoms. The predicted molar refractivity (Wildman–Crippen MR) is 70.0 cm³/mol. The van der Waals surface area contributed by atoms with Crippen LogP contribution < -0.4 is 5.32 Å². The molecule has 1 N–H and O–H groups in total. The van der Waals surface area contributed by atoms with E-state index in [1.165, 1.54) is 5.56 Å². The highest BCUT2D eigenvalue weighted by molar-refractivity contribution is 5.88. The van der Waals surface area contributed by atoms with E-state index in [9.17, 15) is 4.79 Å². The van der Waals surface area contributed by atoms with Gasteiger partial charge >= 0.3 is 0 Å². The Morgan fingerprint density at radius 1 is 1.35 bits per heavy atom. The Balaban J connectivity index is 1.93. The molecule has 1 saturated heterocycles. The number of rotatable bonds is 5. The Morgan fingerprint density at radius 3 is 2.71 bits per heavy atom. The molecule has 1 fully saturated rings. The van der Waals surface area contributed by atoms with Gasteiger partial charge in [0.2, 0.25) is 0 Å². The molecule has 1 heterocycles. The molecule has 2 rings (SSSR count). The number of carbonyl (C=O) groups is 1. The highest BCUT2D eigenvalue weighted by Gasteiger charge is 2.37. The Kier molecular flexibility index (Phi) is 3.95. The van der Waals surface area contributed by atoms with Crippen molar-refractivity contribution in [2.24, 2.45) is 0 Å². The molecule has 17 heavy (non-hydrogen) atoms. The SMILES string of the molecule is CCC1(C(=O)CCc2ccccc2)CCCN1. The zero-order valence-electron chi connectivity index (χ0n) is 10.5. The molecule has 0 bridgehead atoms. The molecule has 0 radical (unpaired) electrons. The fraction of sp³-hybridized carbons (Fsp3) is 0.533. The van der Waals surface area contributed by atoms with E-state index in [1.807, 2.05) is 18.2 Å². The average molecular weight is 231 g/mol. The minimum atomic E-state index is -0.214. The molecular weight excluding hydrogens is 210 g/mol. The highest BCUT2D eigenvalue weighted by Crippen LogP contribution is 2.25. The fourth-order valence-corrected chi connectivity index (χ4v) is 2.68. The minimum Gasteiger partial charge on any atom is -0.305 e. The number of hydrogen-bond donors (Lipinski definition) is 1. The largest absolute Gasteiger partial charge is 0.305 e. The van der Waals surface area contributed by atoms with E-state index in [1.54, 1.807) is 0 Å². The van der Waals surface area contributed by atoms with Gasteiger partial charge in [-0.3, -0.25) is 4.79 Å². The van der Waals surface area contributed by atoms with Crippen molar-refractivity contribution >= 4 is 5.78 Å². The minimum absolute atomic E-state index is 0.214. The van der Waals surface area contributed by atoms with Crippen molar-refractivity contribution in [2.75, 3.05) is 6.54 Å². The molecule has 1 aromatic rings. The van der Waals surface area contributed by atoms with Gasteiger partial charge in [0.05, 0.1) is 5.54 Å². The van der Waals surface area contributed by atoms with Crippen LogP contribution in [0.3, 0.4) is 0 Å². The highest BCUT2D eigenvalue weighted by atomic mass is 16.1. The lowest BCUT2D eigenvalue weighted by atomic mass is 9.86. The van der Waals surface area contributed by atoms with Gasteiger partial charge in [-0.2, -0.15) is 0 Å². The summed E-state index contributed by atoms with van der Waals surface area (Å²) in [5, 5.41) is 3.41. The first-order chi connectivity index (χ1) is 8.27. The van der Waals surface area contributed by atoms with Crippen molar-refractivity contribution in [1.29, 1.82) is 0 Å². The van der Waals surface area contributed by atoms with E-state index in [-0.39, 0.29) is 5.54 Å². The molecule has 92 valence electrons. The number of carbonyl (C=O) groups excluding carboxylic acids is 1. The maximum absolute atomic E-state index is 12.3. The summed E-state index contributed by atoms with van der Waals surface area (Å²) >= 11 is 0. The van der Waals surface area contributed by atoms with Crippen LogP contribution in [0.25, 0.3) is 0 Å². The van der Waals surface area contributed by atoms with Crippen LogP contribution in [0.1, 0.15) is 38.2 Å². The summed E-state index contributed by atoms with van der Waals surface area (Å²) < 4.78 is 0. The van der Waals surface area contributed by atoms with E-state index < -0.39 is 0 Å². The standard InChI is InChI=1S/C15H21NO/c1-2-15(11-6-12-16-15)14(17)10-9-13-7-4-3-5-8-13/h3-5,7-8,16H,2,6,9-12H2,1H3. The first-order valence-electron chi connectivity index (χ1n) is 6.59. The second kappa shape index (κ2) is 5.46. The van der Waals surface area contributed by atoms with Crippen molar-refractivity contribution < 1.29 is 4.79 Å².